The van der Waals surface area contributed by atoms with E-state index in [9.17, 15) is 0 Å². The van der Waals surface area contributed by atoms with Crippen molar-refractivity contribution in [3.8, 4) is 0 Å². The molecular weight excluding hydrogens is 396 g/mol. The van der Waals surface area contributed by atoms with E-state index in [1.165, 1.54) is 4.88 Å². The summed E-state index contributed by atoms with van der Waals surface area (Å²) in [6, 6.07) is 9.99. The Balaban J connectivity index is 2.19. The molecule has 2 nitrogen and oxygen atoms in total. The van der Waals surface area contributed by atoms with Crippen molar-refractivity contribution in [3.63, 3.8) is 0 Å². The molecule has 94 valence electrons. The largest absolute Gasteiger partial charge is 0.389 e. The standard InChI is InChI=1S/C12H10Br2N2S2/c13-8-2-1-3-9(11(8)12(15)17)16-6-7-4-5-10(14)18-7/h1-5,16H,6H2,(H2,15,17). The molecule has 0 unspecified atom stereocenters. The summed E-state index contributed by atoms with van der Waals surface area (Å²) in [7, 11) is 0. The molecule has 0 aliphatic carbocycles. The summed E-state index contributed by atoms with van der Waals surface area (Å²) in [6.07, 6.45) is 0. The van der Waals surface area contributed by atoms with Crippen LogP contribution < -0.4 is 11.1 Å². The van der Waals surface area contributed by atoms with E-state index in [2.05, 4.69) is 43.2 Å². The summed E-state index contributed by atoms with van der Waals surface area (Å²) in [5, 5.41) is 3.36. The maximum atomic E-state index is 5.75. The van der Waals surface area contributed by atoms with Crippen LogP contribution in [0.5, 0.6) is 0 Å². The number of halogens is 2. The van der Waals surface area contributed by atoms with Gasteiger partial charge in [0.1, 0.15) is 4.99 Å². The predicted molar refractivity (Wildman–Crippen MR) is 89.4 cm³/mol. The van der Waals surface area contributed by atoms with Gasteiger partial charge in [0.05, 0.1) is 3.79 Å². The van der Waals surface area contributed by atoms with Crippen molar-refractivity contribution >= 4 is 66.1 Å². The Kier molecular flexibility index (Phi) is 4.77. The van der Waals surface area contributed by atoms with Crippen LogP contribution in [0.15, 0.2) is 38.6 Å². The summed E-state index contributed by atoms with van der Waals surface area (Å²) in [6.45, 7) is 0.752. The number of nitrogens with one attached hydrogen (secondary N) is 1. The molecule has 6 heteroatoms. The zero-order valence-corrected chi connectivity index (χ0v) is 14.0. The van der Waals surface area contributed by atoms with E-state index >= 15 is 0 Å². The first kappa shape index (κ1) is 14.0. The van der Waals surface area contributed by atoms with E-state index in [1.807, 2.05) is 24.3 Å². The van der Waals surface area contributed by atoms with E-state index in [0.717, 1.165) is 26.1 Å². The van der Waals surface area contributed by atoms with Crippen molar-refractivity contribution in [2.24, 2.45) is 5.73 Å². The van der Waals surface area contributed by atoms with Crippen molar-refractivity contribution in [1.29, 1.82) is 0 Å². The second-order valence-electron chi connectivity index (χ2n) is 3.59. The lowest BCUT2D eigenvalue weighted by Crippen LogP contribution is -2.13. The maximum Gasteiger partial charge on any atom is 0.107 e. The number of hydrogen-bond donors (Lipinski definition) is 2. The molecule has 0 amide bonds. The van der Waals surface area contributed by atoms with Crippen LogP contribution in [-0.4, -0.2) is 4.99 Å². The predicted octanol–water partition coefficient (Wildman–Crippen LogP) is 4.52. The first-order valence-electron chi connectivity index (χ1n) is 5.14. The Morgan fingerprint density at radius 3 is 2.67 bits per heavy atom. The molecular formula is C12H10Br2N2S2. The number of anilines is 1. The van der Waals surface area contributed by atoms with Crippen LogP contribution in [0.2, 0.25) is 0 Å². The van der Waals surface area contributed by atoms with Crippen molar-refractivity contribution in [2.75, 3.05) is 5.32 Å². The summed E-state index contributed by atoms with van der Waals surface area (Å²) >= 11 is 13.7. The monoisotopic (exact) mass is 404 g/mol. The lowest BCUT2D eigenvalue weighted by molar-refractivity contribution is 1.19. The molecule has 0 aliphatic rings. The minimum atomic E-state index is 0.386. The average Bonchev–Trinajstić information content (AvgIpc) is 2.72. The van der Waals surface area contributed by atoms with Crippen LogP contribution in [0, 0.1) is 0 Å². The van der Waals surface area contributed by atoms with E-state index in [0.29, 0.717) is 4.99 Å². The summed E-state index contributed by atoms with van der Waals surface area (Å²) in [5.41, 5.74) is 7.54. The lowest BCUT2D eigenvalue weighted by Gasteiger charge is -2.12. The molecule has 1 aromatic heterocycles. The quantitative estimate of drug-likeness (QED) is 0.734. The van der Waals surface area contributed by atoms with Gasteiger partial charge in [-0.15, -0.1) is 11.3 Å². The highest BCUT2D eigenvalue weighted by atomic mass is 79.9. The van der Waals surface area contributed by atoms with Gasteiger partial charge in [-0.2, -0.15) is 0 Å². The third kappa shape index (κ3) is 3.32. The van der Waals surface area contributed by atoms with Gasteiger partial charge in [-0.25, -0.2) is 0 Å². The Hall–Kier alpha value is -0.430. The van der Waals surface area contributed by atoms with Crippen molar-refractivity contribution in [2.45, 2.75) is 6.54 Å². The zero-order chi connectivity index (χ0) is 13.1. The van der Waals surface area contributed by atoms with Gasteiger partial charge in [0.15, 0.2) is 0 Å². The van der Waals surface area contributed by atoms with Gasteiger partial charge in [-0.1, -0.05) is 18.3 Å². The summed E-state index contributed by atoms with van der Waals surface area (Å²) in [5.74, 6) is 0. The molecule has 0 aliphatic heterocycles. The van der Waals surface area contributed by atoms with Crippen molar-refractivity contribution in [1.82, 2.24) is 0 Å². The van der Waals surface area contributed by atoms with Gasteiger partial charge >= 0.3 is 0 Å². The topological polar surface area (TPSA) is 38.0 Å². The highest BCUT2D eigenvalue weighted by Gasteiger charge is 2.09. The van der Waals surface area contributed by atoms with E-state index in [-0.39, 0.29) is 0 Å². The van der Waals surface area contributed by atoms with Gasteiger partial charge in [0.25, 0.3) is 0 Å². The first-order chi connectivity index (χ1) is 8.58. The fourth-order valence-corrected chi connectivity index (χ4v) is 3.90. The Labute approximate surface area is 132 Å². The van der Waals surface area contributed by atoms with Crippen LogP contribution in [0.3, 0.4) is 0 Å². The van der Waals surface area contributed by atoms with Crippen LogP contribution in [0.1, 0.15) is 10.4 Å². The van der Waals surface area contributed by atoms with E-state index < -0.39 is 0 Å². The van der Waals surface area contributed by atoms with Gasteiger partial charge < -0.3 is 11.1 Å². The normalized spacial score (nSPS) is 10.3. The summed E-state index contributed by atoms with van der Waals surface area (Å²) in [4.78, 5) is 1.63. The van der Waals surface area contributed by atoms with Gasteiger partial charge in [-0.3, -0.25) is 0 Å². The summed E-state index contributed by atoms with van der Waals surface area (Å²) < 4.78 is 2.04. The Morgan fingerprint density at radius 1 is 1.28 bits per heavy atom. The second-order valence-corrected chi connectivity index (χ2v) is 7.43. The third-order valence-electron chi connectivity index (χ3n) is 2.34. The molecule has 2 rings (SSSR count). The van der Waals surface area contributed by atoms with E-state index in [4.69, 9.17) is 18.0 Å². The van der Waals surface area contributed by atoms with Crippen LogP contribution >= 0.6 is 55.4 Å². The molecule has 0 atom stereocenters. The SMILES string of the molecule is NC(=S)c1c(Br)cccc1NCc1ccc(Br)s1. The molecule has 1 heterocycles. The molecule has 1 aromatic carbocycles. The highest BCUT2D eigenvalue weighted by Crippen LogP contribution is 2.27. The minimum Gasteiger partial charge on any atom is -0.389 e. The number of nitrogens with two attached hydrogens (primary N) is 1. The lowest BCUT2D eigenvalue weighted by atomic mass is 10.2. The van der Waals surface area contributed by atoms with Gasteiger partial charge in [-0.05, 0) is 56.1 Å². The fourth-order valence-electron chi connectivity index (χ4n) is 1.55. The molecule has 18 heavy (non-hydrogen) atoms. The molecule has 0 spiro atoms. The molecule has 2 aromatic rings. The number of hydrogen-bond acceptors (Lipinski definition) is 3. The van der Waals surface area contributed by atoms with Gasteiger partial charge in [0.2, 0.25) is 0 Å². The molecule has 0 bridgehead atoms. The number of thiocarbonyl (C=S) groups is 1. The average molecular weight is 406 g/mol. The Morgan fingerprint density at radius 2 is 2.06 bits per heavy atom. The first-order valence-corrected chi connectivity index (χ1v) is 7.95. The maximum absolute atomic E-state index is 5.75. The molecule has 0 saturated carbocycles. The fraction of sp³-hybridized carbons (Fsp3) is 0.0833. The van der Waals surface area contributed by atoms with Crippen LogP contribution in [0.4, 0.5) is 5.69 Å². The van der Waals surface area contributed by atoms with Crippen LogP contribution in [-0.2, 0) is 6.54 Å². The van der Waals surface area contributed by atoms with E-state index in [1.54, 1.807) is 11.3 Å². The number of benzene rings is 1. The molecule has 0 fully saturated rings. The highest BCUT2D eigenvalue weighted by molar-refractivity contribution is 9.11. The molecule has 0 saturated heterocycles. The third-order valence-corrected chi connectivity index (χ3v) is 4.83. The number of thiophene rings is 1. The van der Waals surface area contributed by atoms with Gasteiger partial charge in [0, 0.05) is 27.1 Å². The minimum absolute atomic E-state index is 0.386. The Bertz CT molecular complexity index is 581. The van der Waals surface area contributed by atoms with Crippen LogP contribution in [0.25, 0.3) is 0 Å². The molecule has 0 radical (unpaired) electrons. The van der Waals surface area contributed by atoms with Crippen molar-refractivity contribution < 1.29 is 0 Å². The molecule has 3 N–H and O–H groups in total. The second kappa shape index (κ2) is 6.14. The zero-order valence-electron chi connectivity index (χ0n) is 9.24. The van der Waals surface area contributed by atoms with Crippen molar-refractivity contribution in [3.05, 3.63) is 49.0 Å². The smallest absolute Gasteiger partial charge is 0.107 e. The number of rotatable bonds is 4.